The van der Waals surface area contributed by atoms with Gasteiger partial charge in [-0.3, -0.25) is 4.79 Å². The van der Waals surface area contributed by atoms with Gasteiger partial charge in [0.1, 0.15) is 11.6 Å². The van der Waals surface area contributed by atoms with Crippen molar-refractivity contribution in [2.75, 3.05) is 12.8 Å². The van der Waals surface area contributed by atoms with Crippen molar-refractivity contribution >= 4 is 11.5 Å². The zero-order chi connectivity index (χ0) is 13.8. The first-order valence-electron chi connectivity index (χ1n) is 5.81. The van der Waals surface area contributed by atoms with E-state index in [9.17, 15) is 9.18 Å². The van der Waals surface area contributed by atoms with E-state index in [1.54, 1.807) is 30.3 Å². The molecular formula is C15H14FNO2. The number of carbonyl (C=O) groups excluding carboxylic acids is 1. The minimum absolute atomic E-state index is 0.105. The van der Waals surface area contributed by atoms with Crippen LogP contribution < -0.4 is 10.5 Å². The number of nitrogen functional groups attached to an aromatic ring is 1. The second-order valence-corrected chi connectivity index (χ2v) is 4.18. The number of carbonyl (C=O) groups is 1. The standard InChI is InChI=1S/C15H14FNO2/c1-19-12-6-7-13(14(17)9-12)15(18)8-10-2-4-11(16)5-3-10/h2-7,9H,8,17H2,1H3. The molecule has 3 nitrogen and oxygen atoms in total. The second kappa shape index (κ2) is 5.52. The highest BCUT2D eigenvalue weighted by Crippen LogP contribution is 2.21. The van der Waals surface area contributed by atoms with Gasteiger partial charge in [0.05, 0.1) is 7.11 Å². The summed E-state index contributed by atoms with van der Waals surface area (Å²) in [4.78, 5) is 12.1. The lowest BCUT2D eigenvalue weighted by Crippen LogP contribution is -2.07. The summed E-state index contributed by atoms with van der Waals surface area (Å²) in [6, 6.07) is 10.8. The van der Waals surface area contributed by atoms with Gasteiger partial charge in [-0.1, -0.05) is 12.1 Å². The average Bonchev–Trinajstić information content (AvgIpc) is 2.41. The van der Waals surface area contributed by atoms with E-state index in [4.69, 9.17) is 10.5 Å². The number of benzene rings is 2. The number of hydrogen-bond acceptors (Lipinski definition) is 3. The second-order valence-electron chi connectivity index (χ2n) is 4.18. The van der Waals surface area contributed by atoms with Gasteiger partial charge in [0.25, 0.3) is 0 Å². The highest BCUT2D eigenvalue weighted by atomic mass is 19.1. The molecule has 98 valence electrons. The van der Waals surface area contributed by atoms with E-state index in [0.717, 1.165) is 5.56 Å². The van der Waals surface area contributed by atoms with E-state index < -0.39 is 0 Å². The van der Waals surface area contributed by atoms with Crippen molar-refractivity contribution < 1.29 is 13.9 Å². The summed E-state index contributed by atoms with van der Waals surface area (Å²) < 4.78 is 17.8. The van der Waals surface area contributed by atoms with Crippen molar-refractivity contribution in [2.24, 2.45) is 0 Å². The predicted molar refractivity (Wildman–Crippen MR) is 71.8 cm³/mol. The van der Waals surface area contributed by atoms with Crippen LogP contribution in [-0.2, 0) is 6.42 Å². The SMILES string of the molecule is COc1ccc(C(=O)Cc2ccc(F)cc2)c(N)c1. The summed E-state index contributed by atoms with van der Waals surface area (Å²) in [5.41, 5.74) is 7.40. The molecule has 2 aromatic rings. The van der Waals surface area contributed by atoms with Crippen molar-refractivity contribution in [3.8, 4) is 5.75 Å². The normalized spacial score (nSPS) is 10.2. The van der Waals surface area contributed by atoms with Crippen molar-refractivity contribution in [3.63, 3.8) is 0 Å². The lowest BCUT2D eigenvalue weighted by atomic mass is 10.0. The molecular weight excluding hydrogens is 245 g/mol. The Hall–Kier alpha value is -2.36. The number of nitrogens with two attached hydrogens (primary N) is 1. The Bertz CT molecular complexity index is 594. The summed E-state index contributed by atoms with van der Waals surface area (Å²) in [6.07, 6.45) is 0.191. The summed E-state index contributed by atoms with van der Waals surface area (Å²) in [5, 5.41) is 0. The Morgan fingerprint density at radius 3 is 2.47 bits per heavy atom. The zero-order valence-electron chi connectivity index (χ0n) is 10.5. The molecule has 0 atom stereocenters. The highest BCUT2D eigenvalue weighted by molar-refractivity contribution is 6.02. The maximum atomic E-state index is 12.8. The molecule has 0 aliphatic carbocycles. The summed E-state index contributed by atoms with van der Waals surface area (Å²) in [5.74, 6) is 0.183. The van der Waals surface area contributed by atoms with Gasteiger partial charge in [-0.15, -0.1) is 0 Å². The fourth-order valence-corrected chi connectivity index (χ4v) is 1.80. The van der Waals surface area contributed by atoms with E-state index in [0.29, 0.717) is 17.0 Å². The monoisotopic (exact) mass is 259 g/mol. The minimum Gasteiger partial charge on any atom is -0.497 e. The quantitative estimate of drug-likeness (QED) is 0.678. The van der Waals surface area contributed by atoms with E-state index in [2.05, 4.69) is 0 Å². The molecule has 0 aromatic heterocycles. The van der Waals surface area contributed by atoms with Gasteiger partial charge >= 0.3 is 0 Å². The molecule has 2 aromatic carbocycles. The van der Waals surface area contributed by atoms with Crippen LogP contribution in [-0.4, -0.2) is 12.9 Å². The first-order valence-corrected chi connectivity index (χ1v) is 5.81. The third-order valence-electron chi connectivity index (χ3n) is 2.84. The summed E-state index contributed by atoms with van der Waals surface area (Å²) in [6.45, 7) is 0. The molecule has 0 amide bonds. The molecule has 0 spiro atoms. The lowest BCUT2D eigenvalue weighted by Gasteiger charge is -2.07. The first-order chi connectivity index (χ1) is 9.10. The van der Waals surface area contributed by atoms with Gasteiger partial charge in [-0.05, 0) is 29.8 Å². The molecule has 0 heterocycles. The van der Waals surface area contributed by atoms with Crippen LogP contribution in [0.3, 0.4) is 0 Å². The van der Waals surface area contributed by atoms with Gasteiger partial charge < -0.3 is 10.5 Å². The number of anilines is 1. The molecule has 0 saturated heterocycles. The fraction of sp³-hybridized carbons (Fsp3) is 0.133. The van der Waals surface area contributed by atoms with Crippen molar-refractivity contribution in [3.05, 3.63) is 59.4 Å². The molecule has 0 radical (unpaired) electrons. The highest BCUT2D eigenvalue weighted by Gasteiger charge is 2.11. The summed E-state index contributed by atoms with van der Waals surface area (Å²) in [7, 11) is 1.54. The Morgan fingerprint density at radius 2 is 1.89 bits per heavy atom. The van der Waals surface area contributed by atoms with Gasteiger partial charge in [-0.2, -0.15) is 0 Å². The van der Waals surface area contributed by atoms with E-state index in [1.165, 1.54) is 19.2 Å². The van der Waals surface area contributed by atoms with Crippen LogP contribution >= 0.6 is 0 Å². The summed E-state index contributed by atoms with van der Waals surface area (Å²) >= 11 is 0. The van der Waals surface area contributed by atoms with Crippen molar-refractivity contribution in [2.45, 2.75) is 6.42 Å². The maximum absolute atomic E-state index is 12.8. The van der Waals surface area contributed by atoms with E-state index in [-0.39, 0.29) is 18.0 Å². The number of hydrogen-bond donors (Lipinski definition) is 1. The largest absolute Gasteiger partial charge is 0.497 e. The number of methoxy groups -OCH3 is 1. The Labute approximate surface area is 110 Å². The predicted octanol–water partition coefficient (Wildman–Crippen LogP) is 2.84. The Morgan fingerprint density at radius 1 is 1.21 bits per heavy atom. The number of ether oxygens (including phenoxy) is 1. The minimum atomic E-state index is -0.319. The Kier molecular flexibility index (Phi) is 3.80. The molecule has 0 aliphatic rings. The smallest absolute Gasteiger partial charge is 0.169 e. The first kappa shape index (κ1) is 13.1. The van der Waals surface area contributed by atoms with Crippen LogP contribution in [0.2, 0.25) is 0 Å². The number of Topliss-reactive ketones (excluding diaryl/α,β-unsaturated/α-hetero) is 1. The molecule has 2 N–H and O–H groups in total. The van der Waals surface area contributed by atoms with Gasteiger partial charge in [0.2, 0.25) is 0 Å². The molecule has 0 unspecified atom stereocenters. The fourth-order valence-electron chi connectivity index (χ4n) is 1.80. The number of halogens is 1. The molecule has 0 fully saturated rings. The number of rotatable bonds is 4. The molecule has 0 saturated carbocycles. The van der Waals surface area contributed by atoms with Crippen LogP contribution in [0.15, 0.2) is 42.5 Å². The van der Waals surface area contributed by atoms with E-state index >= 15 is 0 Å². The molecule has 2 rings (SSSR count). The lowest BCUT2D eigenvalue weighted by molar-refractivity contribution is 0.0994. The third kappa shape index (κ3) is 3.10. The van der Waals surface area contributed by atoms with Crippen molar-refractivity contribution in [1.82, 2.24) is 0 Å². The van der Waals surface area contributed by atoms with Crippen LogP contribution in [0.25, 0.3) is 0 Å². The Balaban J connectivity index is 2.18. The van der Waals surface area contributed by atoms with Gasteiger partial charge in [0.15, 0.2) is 5.78 Å². The maximum Gasteiger partial charge on any atom is 0.169 e. The third-order valence-corrected chi connectivity index (χ3v) is 2.84. The van der Waals surface area contributed by atoms with Gasteiger partial charge in [-0.25, -0.2) is 4.39 Å². The van der Waals surface area contributed by atoms with E-state index in [1.807, 2.05) is 0 Å². The van der Waals surface area contributed by atoms with Crippen LogP contribution in [0.4, 0.5) is 10.1 Å². The molecule has 0 aliphatic heterocycles. The zero-order valence-corrected chi connectivity index (χ0v) is 10.5. The number of ketones is 1. The average molecular weight is 259 g/mol. The van der Waals surface area contributed by atoms with Crippen LogP contribution in [0, 0.1) is 5.82 Å². The molecule has 0 bridgehead atoms. The van der Waals surface area contributed by atoms with Crippen LogP contribution in [0.5, 0.6) is 5.75 Å². The van der Waals surface area contributed by atoms with Crippen LogP contribution in [0.1, 0.15) is 15.9 Å². The topological polar surface area (TPSA) is 52.3 Å². The van der Waals surface area contributed by atoms with Crippen molar-refractivity contribution in [1.29, 1.82) is 0 Å². The molecule has 19 heavy (non-hydrogen) atoms. The van der Waals surface area contributed by atoms with Gasteiger partial charge in [0, 0.05) is 23.7 Å². The molecule has 4 heteroatoms.